The molecule has 1 aromatic rings. The van der Waals surface area contributed by atoms with Crippen LogP contribution in [0.3, 0.4) is 0 Å². The van der Waals surface area contributed by atoms with Crippen LogP contribution in [0.5, 0.6) is 5.75 Å². The number of hydrogen-bond acceptors (Lipinski definition) is 2. The van der Waals surface area contributed by atoms with Gasteiger partial charge < -0.3 is 9.84 Å². The lowest BCUT2D eigenvalue weighted by Gasteiger charge is -2.17. The highest BCUT2D eigenvalue weighted by Crippen LogP contribution is 2.41. The summed E-state index contributed by atoms with van der Waals surface area (Å²) in [7, 11) is 1.64. The highest BCUT2D eigenvalue weighted by Gasteiger charge is 2.22. The van der Waals surface area contributed by atoms with Gasteiger partial charge in [0.2, 0.25) is 0 Å². The van der Waals surface area contributed by atoms with Crippen LogP contribution in [0.15, 0.2) is 6.07 Å². The third-order valence-corrected chi connectivity index (χ3v) is 3.73. The molecule has 0 bridgehead atoms. The first-order chi connectivity index (χ1) is 7.69. The van der Waals surface area contributed by atoms with Crippen molar-refractivity contribution in [2.24, 2.45) is 0 Å². The first kappa shape index (κ1) is 11.7. The third-order valence-electron chi connectivity index (χ3n) is 3.33. The van der Waals surface area contributed by atoms with Crippen LogP contribution in [0.1, 0.15) is 36.0 Å². The van der Waals surface area contributed by atoms with E-state index in [9.17, 15) is 5.11 Å². The average Bonchev–Trinajstić information content (AvgIpc) is 2.76. The summed E-state index contributed by atoms with van der Waals surface area (Å²) in [6.45, 7) is 2.10. The summed E-state index contributed by atoms with van der Waals surface area (Å²) in [6.07, 6.45) is 3.29. The summed E-state index contributed by atoms with van der Waals surface area (Å²) in [6, 6.07) is 2.15. The van der Waals surface area contributed by atoms with Crippen LogP contribution in [-0.2, 0) is 12.8 Å². The monoisotopic (exact) mass is 240 g/mol. The number of rotatable bonds is 3. The highest BCUT2D eigenvalue weighted by molar-refractivity contribution is 6.33. The molecule has 1 atom stereocenters. The lowest BCUT2D eigenvalue weighted by molar-refractivity contribution is 0.269. The predicted molar refractivity (Wildman–Crippen MR) is 65.5 cm³/mol. The number of aliphatic hydroxyl groups is 1. The highest BCUT2D eigenvalue weighted by atomic mass is 35.5. The molecule has 16 heavy (non-hydrogen) atoms. The first-order valence-corrected chi connectivity index (χ1v) is 6.05. The Labute approximate surface area is 101 Å². The van der Waals surface area contributed by atoms with Gasteiger partial charge in [0.1, 0.15) is 5.75 Å². The van der Waals surface area contributed by atoms with Crippen LogP contribution < -0.4 is 4.74 Å². The molecule has 1 unspecified atom stereocenters. The third kappa shape index (κ3) is 1.80. The Morgan fingerprint density at radius 1 is 1.50 bits per heavy atom. The number of aliphatic hydroxyl groups excluding tert-OH is 1. The maximum atomic E-state index is 9.25. The molecule has 0 saturated carbocycles. The van der Waals surface area contributed by atoms with Crippen LogP contribution in [-0.4, -0.2) is 18.8 Å². The van der Waals surface area contributed by atoms with E-state index in [-0.39, 0.29) is 12.5 Å². The molecule has 0 aromatic heterocycles. The van der Waals surface area contributed by atoms with Gasteiger partial charge in [-0.15, -0.1) is 0 Å². The van der Waals surface area contributed by atoms with Crippen LogP contribution in [0, 0.1) is 0 Å². The normalized spacial score (nSPS) is 16.0. The van der Waals surface area contributed by atoms with Crippen molar-refractivity contribution >= 4 is 11.6 Å². The molecule has 0 amide bonds. The van der Waals surface area contributed by atoms with Crippen molar-refractivity contribution in [2.75, 3.05) is 13.7 Å². The van der Waals surface area contributed by atoms with Crippen molar-refractivity contribution < 1.29 is 9.84 Å². The van der Waals surface area contributed by atoms with Crippen molar-refractivity contribution in [3.05, 3.63) is 27.8 Å². The Balaban J connectivity index is 2.56. The summed E-state index contributed by atoms with van der Waals surface area (Å²) in [5.74, 6) is 0.808. The molecule has 0 aliphatic heterocycles. The second-order valence-corrected chi connectivity index (χ2v) is 4.77. The van der Waals surface area contributed by atoms with Crippen molar-refractivity contribution in [2.45, 2.75) is 32.1 Å². The smallest absolute Gasteiger partial charge is 0.141 e. The zero-order chi connectivity index (χ0) is 11.7. The van der Waals surface area contributed by atoms with Gasteiger partial charge in [0.05, 0.1) is 12.1 Å². The first-order valence-electron chi connectivity index (χ1n) is 5.68. The fraction of sp³-hybridized carbons (Fsp3) is 0.538. The number of halogens is 1. The minimum absolute atomic E-state index is 0.0679. The fourth-order valence-corrected chi connectivity index (χ4v) is 2.77. The molecular formula is C13H17ClO2. The van der Waals surface area contributed by atoms with Gasteiger partial charge in [-0.05, 0) is 30.4 Å². The minimum atomic E-state index is 0.0679. The topological polar surface area (TPSA) is 29.5 Å². The van der Waals surface area contributed by atoms with Gasteiger partial charge in [-0.25, -0.2) is 0 Å². The van der Waals surface area contributed by atoms with E-state index < -0.39 is 0 Å². The molecule has 3 heteroatoms. The molecule has 1 N–H and O–H groups in total. The van der Waals surface area contributed by atoms with E-state index in [2.05, 4.69) is 6.07 Å². The van der Waals surface area contributed by atoms with Gasteiger partial charge in [-0.2, -0.15) is 0 Å². The van der Waals surface area contributed by atoms with E-state index in [1.54, 1.807) is 7.11 Å². The van der Waals surface area contributed by atoms with Crippen molar-refractivity contribution in [1.29, 1.82) is 0 Å². The van der Waals surface area contributed by atoms with Gasteiger partial charge in [-0.1, -0.05) is 24.6 Å². The number of fused-ring (bicyclic) bond motifs is 1. The Hall–Kier alpha value is -0.730. The van der Waals surface area contributed by atoms with Gasteiger partial charge >= 0.3 is 0 Å². The summed E-state index contributed by atoms with van der Waals surface area (Å²) < 4.78 is 5.38. The minimum Gasteiger partial charge on any atom is -0.495 e. The summed E-state index contributed by atoms with van der Waals surface area (Å²) in [5, 5.41) is 9.99. The van der Waals surface area contributed by atoms with Crippen molar-refractivity contribution in [3.63, 3.8) is 0 Å². The largest absolute Gasteiger partial charge is 0.495 e. The predicted octanol–water partition coefficient (Wildman–Crippen LogP) is 2.93. The van der Waals surface area contributed by atoms with Crippen LogP contribution in [0.4, 0.5) is 0 Å². The number of ether oxygens (including phenoxy) is 1. The Morgan fingerprint density at radius 2 is 2.25 bits per heavy atom. The van der Waals surface area contributed by atoms with E-state index in [1.807, 2.05) is 6.92 Å². The van der Waals surface area contributed by atoms with Crippen molar-refractivity contribution in [3.8, 4) is 5.75 Å². The standard InChI is InChI=1S/C13H17ClO2/c1-8(7-15)11-6-9-4-3-5-10(9)12(14)13(11)16-2/h6,8,15H,3-5,7H2,1-2H3. The van der Waals surface area contributed by atoms with E-state index in [1.165, 1.54) is 11.1 Å². The lowest BCUT2D eigenvalue weighted by atomic mass is 9.96. The van der Waals surface area contributed by atoms with E-state index >= 15 is 0 Å². The Morgan fingerprint density at radius 3 is 2.88 bits per heavy atom. The van der Waals surface area contributed by atoms with Crippen molar-refractivity contribution in [1.82, 2.24) is 0 Å². The molecule has 0 fully saturated rings. The molecule has 2 rings (SSSR count). The number of benzene rings is 1. The zero-order valence-corrected chi connectivity index (χ0v) is 10.5. The summed E-state index contributed by atoms with van der Waals surface area (Å²) in [4.78, 5) is 0. The van der Waals surface area contributed by atoms with Gasteiger partial charge in [0.15, 0.2) is 0 Å². The zero-order valence-electron chi connectivity index (χ0n) is 9.72. The van der Waals surface area contributed by atoms with E-state index in [4.69, 9.17) is 16.3 Å². The maximum absolute atomic E-state index is 9.25. The second kappa shape index (κ2) is 4.64. The van der Waals surface area contributed by atoms with Crippen LogP contribution in [0.2, 0.25) is 5.02 Å². The Kier molecular flexibility index (Phi) is 3.41. The fourth-order valence-electron chi connectivity index (χ4n) is 2.37. The number of aryl methyl sites for hydroxylation is 1. The molecule has 2 nitrogen and oxygen atoms in total. The van der Waals surface area contributed by atoms with Gasteiger partial charge in [-0.3, -0.25) is 0 Å². The quantitative estimate of drug-likeness (QED) is 0.880. The molecule has 1 aliphatic carbocycles. The van der Waals surface area contributed by atoms with E-state index in [0.717, 1.165) is 35.6 Å². The molecule has 0 spiro atoms. The average molecular weight is 241 g/mol. The molecule has 88 valence electrons. The molecule has 0 heterocycles. The maximum Gasteiger partial charge on any atom is 0.141 e. The van der Waals surface area contributed by atoms with E-state index in [0.29, 0.717) is 0 Å². The SMILES string of the molecule is COc1c(C(C)CO)cc2c(c1Cl)CCC2. The second-order valence-electron chi connectivity index (χ2n) is 4.39. The summed E-state index contributed by atoms with van der Waals surface area (Å²) >= 11 is 6.35. The van der Waals surface area contributed by atoms with Gasteiger partial charge in [0.25, 0.3) is 0 Å². The molecule has 1 aliphatic rings. The molecule has 1 aromatic carbocycles. The molecular weight excluding hydrogens is 224 g/mol. The molecule has 0 saturated heterocycles. The Bertz CT molecular complexity index is 401. The molecule has 0 radical (unpaired) electrons. The lowest BCUT2D eigenvalue weighted by Crippen LogP contribution is -2.04. The van der Waals surface area contributed by atoms with Gasteiger partial charge in [0, 0.05) is 18.1 Å². The van der Waals surface area contributed by atoms with Crippen LogP contribution in [0.25, 0.3) is 0 Å². The summed E-state index contributed by atoms with van der Waals surface area (Å²) in [5.41, 5.74) is 3.57. The number of hydrogen-bond donors (Lipinski definition) is 1. The van der Waals surface area contributed by atoms with Crippen LogP contribution >= 0.6 is 11.6 Å². The number of methoxy groups -OCH3 is 1.